The van der Waals surface area contributed by atoms with E-state index in [9.17, 15) is 9.59 Å². The van der Waals surface area contributed by atoms with Gasteiger partial charge in [-0.3, -0.25) is 9.59 Å². The molecule has 2 unspecified atom stereocenters. The van der Waals surface area contributed by atoms with Crippen LogP contribution >= 0.6 is 23.1 Å². The number of aryl methyl sites for hydroxylation is 2. The van der Waals surface area contributed by atoms with E-state index in [2.05, 4.69) is 16.9 Å². The summed E-state index contributed by atoms with van der Waals surface area (Å²) in [5.74, 6) is 2.18. The van der Waals surface area contributed by atoms with Gasteiger partial charge in [0.2, 0.25) is 5.91 Å². The molecule has 1 N–H and O–H groups in total. The summed E-state index contributed by atoms with van der Waals surface area (Å²) in [5, 5.41) is 0.571. The molecule has 0 saturated carbocycles. The first-order chi connectivity index (χ1) is 13.4. The first-order valence-electron chi connectivity index (χ1n) is 10.3. The molecule has 2 atom stereocenters. The molecule has 154 valence electrons. The third-order valence-electron chi connectivity index (χ3n) is 5.76. The molecule has 2 aromatic rings. The van der Waals surface area contributed by atoms with Crippen LogP contribution in [0.3, 0.4) is 0 Å². The first-order valence-corrected chi connectivity index (χ1v) is 12.2. The lowest BCUT2D eigenvalue weighted by Gasteiger charge is -2.24. The van der Waals surface area contributed by atoms with Crippen molar-refractivity contribution >= 4 is 39.2 Å². The van der Waals surface area contributed by atoms with Gasteiger partial charge in [-0.2, -0.15) is 0 Å². The Kier molecular flexibility index (Phi) is 7.20. The van der Waals surface area contributed by atoms with Crippen LogP contribution < -0.4 is 5.56 Å². The van der Waals surface area contributed by atoms with Gasteiger partial charge in [0, 0.05) is 18.0 Å². The minimum absolute atomic E-state index is 0.0732. The number of H-pyrrole nitrogens is 1. The fourth-order valence-electron chi connectivity index (χ4n) is 3.98. The third kappa shape index (κ3) is 4.79. The van der Waals surface area contributed by atoms with E-state index in [0.29, 0.717) is 17.0 Å². The molecule has 1 aliphatic rings. The molecule has 2 aromatic heterocycles. The zero-order chi connectivity index (χ0) is 20.3. The number of thioether (sulfide) groups is 1. The lowest BCUT2D eigenvalue weighted by Crippen LogP contribution is -2.37. The quantitative estimate of drug-likeness (QED) is 0.737. The standard InChI is InChI=1S/C21H31N3O2S2/c1-5-7-16-8-6-10-24(11-9-16)21(26)15(4)27-12-17-22-19(25)18-13(2)14(3)28-20(18)23-17/h15-16H,5-12H2,1-4H3,(H,22,23,25). The molecule has 1 aliphatic heterocycles. The van der Waals surface area contributed by atoms with Gasteiger partial charge in [0.05, 0.1) is 16.4 Å². The average Bonchev–Trinajstić information content (AvgIpc) is 2.83. The number of aromatic amines is 1. The number of nitrogens with zero attached hydrogens (tertiary/aromatic N) is 2. The average molecular weight is 422 g/mol. The fourth-order valence-corrected chi connectivity index (χ4v) is 5.87. The number of amides is 1. The third-order valence-corrected chi connectivity index (χ3v) is 8.01. The van der Waals surface area contributed by atoms with E-state index in [0.717, 1.165) is 47.1 Å². The van der Waals surface area contributed by atoms with Crippen LogP contribution in [0.4, 0.5) is 0 Å². The van der Waals surface area contributed by atoms with E-state index in [-0.39, 0.29) is 16.7 Å². The van der Waals surface area contributed by atoms with Crippen molar-refractivity contribution in [1.29, 1.82) is 0 Å². The molecule has 5 nitrogen and oxygen atoms in total. The fraction of sp³-hybridized carbons (Fsp3) is 0.667. The summed E-state index contributed by atoms with van der Waals surface area (Å²) in [6.45, 7) is 9.94. The van der Waals surface area contributed by atoms with Gasteiger partial charge in [-0.1, -0.05) is 19.8 Å². The number of likely N-dealkylation sites (tertiary alicyclic amines) is 1. The van der Waals surface area contributed by atoms with E-state index < -0.39 is 0 Å². The summed E-state index contributed by atoms with van der Waals surface area (Å²) in [5.41, 5.74) is 0.940. The largest absolute Gasteiger partial charge is 0.342 e. The number of carbonyl (C=O) groups is 1. The Morgan fingerprint density at radius 3 is 2.89 bits per heavy atom. The van der Waals surface area contributed by atoms with E-state index in [1.807, 2.05) is 25.7 Å². The second-order valence-electron chi connectivity index (χ2n) is 7.84. The van der Waals surface area contributed by atoms with Crippen molar-refractivity contribution in [2.75, 3.05) is 13.1 Å². The van der Waals surface area contributed by atoms with Gasteiger partial charge >= 0.3 is 0 Å². The van der Waals surface area contributed by atoms with Crippen molar-refractivity contribution in [1.82, 2.24) is 14.9 Å². The van der Waals surface area contributed by atoms with Crippen LogP contribution in [0.1, 0.15) is 62.2 Å². The Bertz CT molecular complexity index is 890. The summed E-state index contributed by atoms with van der Waals surface area (Å²) >= 11 is 3.12. The number of thiophene rings is 1. The van der Waals surface area contributed by atoms with Crippen LogP contribution in [0, 0.1) is 19.8 Å². The maximum atomic E-state index is 12.9. The number of aromatic nitrogens is 2. The zero-order valence-corrected chi connectivity index (χ0v) is 19.0. The molecule has 0 spiro atoms. The van der Waals surface area contributed by atoms with Crippen molar-refractivity contribution in [3.8, 4) is 0 Å². The monoisotopic (exact) mass is 421 g/mol. The van der Waals surface area contributed by atoms with E-state index in [1.54, 1.807) is 23.1 Å². The molecule has 28 heavy (non-hydrogen) atoms. The van der Waals surface area contributed by atoms with Crippen molar-refractivity contribution in [2.45, 2.75) is 70.8 Å². The Morgan fingerprint density at radius 2 is 2.14 bits per heavy atom. The van der Waals surface area contributed by atoms with Gasteiger partial charge < -0.3 is 9.88 Å². The van der Waals surface area contributed by atoms with Crippen molar-refractivity contribution in [3.63, 3.8) is 0 Å². The number of rotatable bonds is 6. The molecule has 0 radical (unpaired) electrons. The number of hydrogen-bond acceptors (Lipinski definition) is 5. The number of nitrogens with one attached hydrogen (secondary N) is 1. The molecule has 0 aliphatic carbocycles. The Morgan fingerprint density at radius 1 is 1.36 bits per heavy atom. The van der Waals surface area contributed by atoms with Crippen LogP contribution in [0.25, 0.3) is 10.2 Å². The highest BCUT2D eigenvalue weighted by Gasteiger charge is 2.24. The van der Waals surface area contributed by atoms with Gasteiger partial charge in [-0.15, -0.1) is 23.1 Å². The highest BCUT2D eigenvalue weighted by molar-refractivity contribution is 7.99. The Hall–Kier alpha value is -1.34. The van der Waals surface area contributed by atoms with Gasteiger partial charge in [0.1, 0.15) is 10.7 Å². The van der Waals surface area contributed by atoms with E-state index in [4.69, 9.17) is 0 Å². The summed E-state index contributed by atoms with van der Waals surface area (Å²) in [6, 6.07) is 0. The lowest BCUT2D eigenvalue weighted by molar-refractivity contribution is -0.130. The highest BCUT2D eigenvalue weighted by atomic mass is 32.2. The number of hydrogen-bond donors (Lipinski definition) is 1. The van der Waals surface area contributed by atoms with Gasteiger partial charge in [-0.05, 0) is 51.5 Å². The number of fused-ring (bicyclic) bond motifs is 1. The predicted octanol–water partition coefficient (Wildman–Crippen LogP) is 4.65. The molecule has 0 aromatic carbocycles. The number of carbonyl (C=O) groups excluding carboxylic acids is 1. The summed E-state index contributed by atoms with van der Waals surface area (Å²) < 4.78 is 0. The van der Waals surface area contributed by atoms with E-state index >= 15 is 0 Å². The second-order valence-corrected chi connectivity index (χ2v) is 10.4. The maximum absolute atomic E-state index is 12.9. The van der Waals surface area contributed by atoms with Crippen LogP contribution in [0.15, 0.2) is 4.79 Å². The molecule has 7 heteroatoms. The highest BCUT2D eigenvalue weighted by Crippen LogP contribution is 2.27. The smallest absolute Gasteiger partial charge is 0.259 e. The Balaban J connectivity index is 1.60. The van der Waals surface area contributed by atoms with Crippen molar-refractivity contribution in [2.24, 2.45) is 5.92 Å². The Labute approximate surface area is 175 Å². The minimum atomic E-state index is -0.129. The molecular formula is C21H31N3O2S2. The minimum Gasteiger partial charge on any atom is -0.342 e. The van der Waals surface area contributed by atoms with Crippen LogP contribution in [-0.2, 0) is 10.5 Å². The SMILES string of the molecule is CCCC1CCCN(C(=O)C(C)SCc2nc3sc(C)c(C)c3c(=O)[nH]2)CC1. The molecule has 1 amide bonds. The molecule has 3 rings (SSSR count). The summed E-state index contributed by atoms with van der Waals surface area (Å²) in [4.78, 5) is 36.8. The van der Waals surface area contributed by atoms with Crippen LogP contribution in [0.5, 0.6) is 0 Å². The van der Waals surface area contributed by atoms with Crippen LogP contribution in [0.2, 0.25) is 0 Å². The summed E-state index contributed by atoms with van der Waals surface area (Å²) in [6.07, 6.45) is 5.97. The predicted molar refractivity (Wildman–Crippen MR) is 119 cm³/mol. The zero-order valence-electron chi connectivity index (χ0n) is 17.3. The van der Waals surface area contributed by atoms with E-state index in [1.165, 1.54) is 19.3 Å². The molecule has 0 bridgehead atoms. The lowest BCUT2D eigenvalue weighted by atomic mass is 9.96. The van der Waals surface area contributed by atoms with Gasteiger partial charge in [0.25, 0.3) is 5.56 Å². The van der Waals surface area contributed by atoms with Gasteiger partial charge in [-0.25, -0.2) is 4.98 Å². The van der Waals surface area contributed by atoms with Gasteiger partial charge in [0.15, 0.2) is 0 Å². The van der Waals surface area contributed by atoms with Crippen LogP contribution in [-0.4, -0.2) is 39.1 Å². The molecule has 3 heterocycles. The molecular weight excluding hydrogens is 390 g/mol. The normalized spacial score (nSPS) is 19.0. The topological polar surface area (TPSA) is 66.1 Å². The van der Waals surface area contributed by atoms with Crippen molar-refractivity contribution < 1.29 is 4.79 Å². The first kappa shape index (κ1) is 21.4. The summed E-state index contributed by atoms with van der Waals surface area (Å²) in [7, 11) is 0. The molecule has 1 fully saturated rings. The van der Waals surface area contributed by atoms with Crippen molar-refractivity contribution in [3.05, 3.63) is 26.6 Å². The second kappa shape index (κ2) is 9.44. The molecule has 1 saturated heterocycles. The maximum Gasteiger partial charge on any atom is 0.259 e.